The van der Waals surface area contributed by atoms with Crippen molar-refractivity contribution in [3.05, 3.63) is 35.1 Å². The van der Waals surface area contributed by atoms with Crippen LogP contribution in [0.5, 0.6) is 0 Å². The lowest BCUT2D eigenvalue weighted by atomic mass is 10.2. The summed E-state index contributed by atoms with van der Waals surface area (Å²) in [7, 11) is 0. The van der Waals surface area contributed by atoms with E-state index in [-0.39, 0.29) is 5.56 Å². The number of rotatable bonds is 1. The standard InChI is InChI=1S/C7H5F3N2/c8-5-1-4(3-12-11)2-6(9)7(5)10/h1-3H,11H2/b12-3+. The Kier molecular flexibility index (Phi) is 2.32. The van der Waals surface area contributed by atoms with Gasteiger partial charge in [0.25, 0.3) is 0 Å². The summed E-state index contributed by atoms with van der Waals surface area (Å²) in [6.07, 6.45) is 1.02. The highest BCUT2D eigenvalue weighted by Gasteiger charge is 2.08. The minimum atomic E-state index is -1.50. The van der Waals surface area contributed by atoms with Crippen molar-refractivity contribution in [1.82, 2.24) is 0 Å². The van der Waals surface area contributed by atoms with Crippen LogP contribution in [-0.4, -0.2) is 6.21 Å². The van der Waals surface area contributed by atoms with Gasteiger partial charge in [0, 0.05) is 5.56 Å². The molecule has 0 aliphatic heterocycles. The Balaban J connectivity index is 3.21. The summed E-state index contributed by atoms with van der Waals surface area (Å²) in [5, 5.41) is 3.04. The van der Waals surface area contributed by atoms with E-state index in [4.69, 9.17) is 5.84 Å². The van der Waals surface area contributed by atoms with Crippen LogP contribution in [-0.2, 0) is 0 Å². The van der Waals surface area contributed by atoms with Crippen LogP contribution in [0.15, 0.2) is 17.2 Å². The van der Waals surface area contributed by atoms with Crippen molar-refractivity contribution in [3.8, 4) is 0 Å². The molecule has 0 aliphatic rings. The Morgan fingerprint density at radius 2 is 1.67 bits per heavy atom. The van der Waals surface area contributed by atoms with Crippen molar-refractivity contribution < 1.29 is 13.2 Å². The molecule has 1 rings (SSSR count). The average molecular weight is 174 g/mol. The molecule has 0 atom stereocenters. The summed E-state index contributed by atoms with van der Waals surface area (Å²) in [5.74, 6) is 0.715. The fraction of sp³-hybridized carbons (Fsp3) is 0. The molecular weight excluding hydrogens is 169 g/mol. The second-order valence-electron chi connectivity index (χ2n) is 2.08. The maximum atomic E-state index is 12.4. The average Bonchev–Trinajstić information content (AvgIpc) is 2.01. The summed E-state index contributed by atoms with van der Waals surface area (Å²) in [6, 6.07) is 1.60. The Labute approximate surface area is 66.5 Å². The summed E-state index contributed by atoms with van der Waals surface area (Å²) in [6.45, 7) is 0. The summed E-state index contributed by atoms with van der Waals surface area (Å²) in [5.41, 5.74) is 0.0777. The van der Waals surface area contributed by atoms with Crippen molar-refractivity contribution in [2.45, 2.75) is 0 Å². The van der Waals surface area contributed by atoms with Gasteiger partial charge in [-0.05, 0) is 12.1 Å². The van der Waals surface area contributed by atoms with Gasteiger partial charge in [-0.15, -0.1) is 0 Å². The Morgan fingerprint density at radius 3 is 2.08 bits per heavy atom. The number of nitrogens with two attached hydrogens (primary N) is 1. The first-order chi connectivity index (χ1) is 5.65. The number of nitrogens with zero attached hydrogens (tertiary/aromatic N) is 1. The molecule has 0 aromatic heterocycles. The highest BCUT2D eigenvalue weighted by Crippen LogP contribution is 2.11. The minimum Gasteiger partial charge on any atom is -0.323 e. The Morgan fingerprint density at radius 1 is 1.17 bits per heavy atom. The SMILES string of the molecule is N/N=C/c1cc(F)c(F)c(F)c1. The zero-order valence-corrected chi connectivity index (χ0v) is 5.89. The van der Waals surface area contributed by atoms with Gasteiger partial charge in [0.05, 0.1) is 6.21 Å². The van der Waals surface area contributed by atoms with Crippen LogP contribution in [0.2, 0.25) is 0 Å². The fourth-order valence-electron chi connectivity index (χ4n) is 0.736. The van der Waals surface area contributed by atoms with Crippen molar-refractivity contribution >= 4 is 6.21 Å². The first kappa shape index (κ1) is 8.58. The van der Waals surface area contributed by atoms with Crippen molar-refractivity contribution in [1.29, 1.82) is 0 Å². The molecular formula is C7H5F3N2. The zero-order chi connectivity index (χ0) is 9.14. The minimum absolute atomic E-state index is 0.0777. The molecule has 0 amide bonds. The molecule has 0 unspecified atom stereocenters. The second-order valence-corrected chi connectivity index (χ2v) is 2.08. The van der Waals surface area contributed by atoms with Gasteiger partial charge in [-0.25, -0.2) is 13.2 Å². The van der Waals surface area contributed by atoms with E-state index in [0.29, 0.717) is 0 Å². The molecule has 0 fully saturated rings. The number of halogens is 3. The first-order valence-electron chi connectivity index (χ1n) is 3.03. The molecule has 1 aromatic carbocycles. The maximum Gasteiger partial charge on any atom is 0.194 e. The molecule has 2 N–H and O–H groups in total. The molecule has 1 aromatic rings. The Hall–Kier alpha value is -1.52. The number of hydrogen-bond donors (Lipinski definition) is 1. The molecule has 0 bridgehead atoms. The molecule has 0 spiro atoms. The van der Waals surface area contributed by atoms with E-state index in [1.165, 1.54) is 0 Å². The topological polar surface area (TPSA) is 38.4 Å². The first-order valence-corrected chi connectivity index (χ1v) is 3.03. The predicted octanol–water partition coefficient (Wildman–Crippen LogP) is 1.40. The van der Waals surface area contributed by atoms with Gasteiger partial charge in [0.1, 0.15) is 0 Å². The number of benzene rings is 1. The molecule has 64 valence electrons. The van der Waals surface area contributed by atoms with Crippen LogP contribution in [0.3, 0.4) is 0 Å². The van der Waals surface area contributed by atoms with E-state index in [9.17, 15) is 13.2 Å². The molecule has 12 heavy (non-hydrogen) atoms. The van der Waals surface area contributed by atoms with Crippen LogP contribution in [0.4, 0.5) is 13.2 Å². The molecule has 0 aliphatic carbocycles. The molecule has 2 nitrogen and oxygen atoms in total. The third-order valence-corrected chi connectivity index (χ3v) is 1.23. The fourth-order valence-corrected chi connectivity index (χ4v) is 0.736. The van der Waals surface area contributed by atoms with Gasteiger partial charge in [-0.2, -0.15) is 5.10 Å². The van der Waals surface area contributed by atoms with E-state index >= 15 is 0 Å². The third kappa shape index (κ3) is 1.55. The van der Waals surface area contributed by atoms with E-state index in [2.05, 4.69) is 5.10 Å². The smallest absolute Gasteiger partial charge is 0.194 e. The van der Waals surface area contributed by atoms with Gasteiger partial charge in [0.15, 0.2) is 17.5 Å². The van der Waals surface area contributed by atoms with Crippen molar-refractivity contribution in [3.63, 3.8) is 0 Å². The van der Waals surface area contributed by atoms with Gasteiger partial charge in [-0.1, -0.05) is 0 Å². The lowest BCUT2D eigenvalue weighted by Gasteiger charge is -1.96. The van der Waals surface area contributed by atoms with Crippen LogP contribution in [0, 0.1) is 17.5 Å². The van der Waals surface area contributed by atoms with E-state index < -0.39 is 17.5 Å². The summed E-state index contributed by atoms with van der Waals surface area (Å²) >= 11 is 0. The highest BCUT2D eigenvalue weighted by atomic mass is 19.2. The number of hydrazone groups is 1. The zero-order valence-electron chi connectivity index (χ0n) is 5.89. The van der Waals surface area contributed by atoms with E-state index in [1.807, 2.05) is 0 Å². The van der Waals surface area contributed by atoms with Gasteiger partial charge < -0.3 is 5.84 Å². The Bertz CT molecular complexity index is 299. The lowest BCUT2D eigenvalue weighted by molar-refractivity contribution is 0.447. The van der Waals surface area contributed by atoms with Crippen molar-refractivity contribution in [2.24, 2.45) is 10.9 Å². The van der Waals surface area contributed by atoms with Gasteiger partial charge in [0.2, 0.25) is 0 Å². The lowest BCUT2D eigenvalue weighted by Crippen LogP contribution is -1.94. The van der Waals surface area contributed by atoms with Crippen LogP contribution < -0.4 is 5.84 Å². The monoisotopic (exact) mass is 174 g/mol. The quantitative estimate of drug-likeness (QED) is 0.297. The molecule has 5 heteroatoms. The summed E-state index contributed by atoms with van der Waals surface area (Å²) in [4.78, 5) is 0. The summed E-state index contributed by atoms with van der Waals surface area (Å²) < 4.78 is 37.2. The highest BCUT2D eigenvalue weighted by molar-refractivity contribution is 5.79. The number of hydrogen-bond acceptors (Lipinski definition) is 2. The second kappa shape index (κ2) is 3.25. The largest absolute Gasteiger partial charge is 0.323 e. The molecule has 0 radical (unpaired) electrons. The normalized spacial score (nSPS) is 10.9. The maximum absolute atomic E-state index is 12.4. The van der Waals surface area contributed by atoms with E-state index in [1.54, 1.807) is 0 Å². The molecule has 0 saturated heterocycles. The van der Waals surface area contributed by atoms with Gasteiger partial charge >= 0.3 is 0 Å². The van der Waals surface area contributed by atoms with E-state index in [0.717, 1.165) is 18.3 Å². The van der Waals surface area contributed by atoms with Gasteiger partial charge in [-0.3, -0.25) is 0 Å². The third-order valence-electron chi connectivity index (χ3n) is 1.23. The molecule has 0 heterocycles. The predicted molar refractivity (Wildman–Crippen MR) is 38.1 cm³/mol. The van der Waals surface area contributed by atoms with Crippen LogP contribution in [0.25, 0.3) is 0 Å². The van der Waals surface area contributed by atoms with Crippen LogP contribution in [0.1, 0.15) is 5.56 Å². The van der Waals surface area contributed by atoms with Crippen LogP contribution >= 0.6 is 0 Å². The van der Waals surface area contributed by atoms with Crippen molar-refractivity contribution in [2.75, 3.05) is 0 Å². The molecule has 0 saturated carbocycles.